The van der Waals surface area contributed by atoms with E-state index in [1.54, 1.807) is 12.1 Å². The molecule has 0 aliphatic heterocycles. The molecule has 0 saturated carbocycles. The first-order valence-corrected chi connectivity index (χ1v) is 8.68. The van der Waals surface area contributed by atoms with Gasteiger partial charge in [0.15, 0.2) is 11.6 Å². The zero-order valence-electron chi connectivity index (χ0n) is 14.5. The summed E-state index contributed by atoms with van der Waals surface area (Å²) >= 11 is 0. The molecule has 0 fully saturated rings. The number of hydrogen-bond acceptors (Lipinski definition) is 3. The molecule has 1 aromatic heterocycles. The van der Waals surface area contributed by atoms with E-state index in [-0.39, 0.29) is 5.92 Å². The Bertz CT molecular complexity index is 996. The minimum atomic E-state index is 0.179. The van der Waals surface area contributed by atoms with Gasteiger partial charge in [0.2, 0.25) is 0 Å². The Morgan fingerprint density at radius 2 is 1.88 bits per heavy atom. The average Bonchev–Trinajstić information content (AvgIpc) is 3.14. The van der Waals surface area contributed by atoms with Crippen molar-refractivity contribution in [2.75, 3.05) is 0 Å². The van der Waals surface area contributed by atoms with Gasteiger partial charge in [0.05, 0.1) is 5.69 Å². The van der Waals surface area contributed by atoms with Gasteiger partial charge in [-0.25, -0.2) is 9.67 Å². The van der Waals surface area contributed by atoms with Gasteiger partial charge >= 0.3 is 0 Å². The molecule has 0 bridgehead atoms. The number of carbonyl (C=O) groups excluding carboxylic acids is 1. The predicted molar refractivity (Wildman–Crippen MR) is 103 cm³/mol. The first-order valence-electron chi connectivity index (χ1n) is 8.68. The molecule has 1 aliphatic rings. The zero-order chi connectivity index (χ0) is 17.9. The number of carbonyl (C=O) groups is 1. The SMILES string of the molecule is Cc1ccccc1-c1nc(C2C=CC=CC2)nn1-c1ccc(C=O)cc1. The third kappa shape index (κ3) is 3.02. The summed E-state index contributed by atoms with van der Waals surface area (Å²) in [5.74, 6) is 1.81. The highest BCUT2D eigenvalue weighted by Gasteiger charge is 2.20. The highest BCUT2D eigenvalue weighted by molar-refractivity contribution is 5.75. The fourth-order valence-electron chi connectivity index (χ4n) is 3.13. The van der Waals surface area contributed by atoms with Crippen LogP contribution >= 0.6 is 0 Å². The quantitative estimate of drug-likeness (QED) is 0.649. The second-order valence-corrected chi connectivity index (χ2v) is 6.38. The highest BCUT2D eigenvalue weighted by atomic mass is 16.1. The molecule has 4 nitrogen and oxygen atoms in total. The summed E-state index contributed by atoms with van der Waals surface area (Å²) in [5.41, 5.74) is 3.74. The molecule has 4 rings (SSSR count). The minimum Gasteiger partial charge on any atom is -0.298 e. The molecule has 0 spiro atoms. The van der Waals surface area contributed by atoms with Crippen LogP contribution in [0.1, 0.15) is 34.1 Å². The van der Waals surface area contributed by atoms with Gasteiger partial charge in [0.25, 0.3) is 0 Å². The van der Waals surface area contributed by atoms with Gasteiger partial charge in [0, 0.05) is 17.0 Å². The van der Waals surface area contributed by atoms with E-state index in [0.717, 1.165) is 41.2 Å². The number of aryl methyl sites for hydroxylation is 1. The fourth-order valence-corrected chi connectivity index (χ4v) is 3.13. The molecule has 3 aromatic rings. The van der Waals surface area contributed by atoms with Gasteiger partial charge in [-0.1, -0.05) is 48.6 Å². The van der Waals surface area contributed by atoms with Crippen LogP contribution in [0, 0.1) is 6.92 Å². The van der Waals surface area contributed by atoms with E-state index in [1.807, 2.05) is 41.1 Å². The lowest BCUT2D eigenvalue weighted by molar-refractivity contribution is 0.112. The molecule has 1 heterocycles. The summed E-state index contributed by atoms with van der Waals surface area (Å²) in [4.78, 5) is 15.8. The Labute approximate surface area is 152 Å². The minimum absolute atomic E-state index is 0.179. The molecule has 0 N–H and O–H groups in total. The molecular formula is C22H19N3O. The maximum Gasteiger partial charge on any atom is 0.163 e. The van der Waals surface area contributed by atoms with E-state index < -0.39 is 0 Å². The molecular weight excluding hydrogens is 322 g/mol. The molecule has 0 saturated heterocycles. The van der Waals surface area contributed by atoms with Crippen LogP contribution in [0.25, 0.3) is 17.1 Å². The van der Waals surface area contributed by atoms with Gasteiger partial charge in [-0.2, -0.15) is 5.10 Å². The Hall–Kier alpha value is -3.27. The number of aldehydes is 1. The average molecular weight is 341 g/mol. The number of benzene rings is 2. The van der Waals surface area contributed by atoms with Crippen molar-refractivity contribution in [3.8, 4) is 17.1 Å². The van der Waals surface area contributed by atoms with Gasteiger partial charge in [-0.05, 0) is 43.2 Å². The first-order chi connectivity index (χ1) is 12.8. The monoisotopic (exact) mass is 341 g/mol. The smallest absolute Gasteiger partial charge is 0.163 e. The molecule has 4 heteroatoms. The van der Waals surface area contributed by atoms with Crippen LogP contribution in [0.5, 0.6) is 0 Å². The van der Waals surface area contributed by atoms with Crippen LogP contribution in [0.15, 0.2) is 72.8 Å². The maximum absolute atomic E-state index is 10.9. The topological polar surface area (TPSA) is 47.8 Å². The summed E-state index contributed by atoms with van der Waals surface area (Å²) in [6.07, 6.45) is 10.1. The van der Waals surface area contributed by atoms with Crippen molar-refractivity contribution in [2.24, 2.45) is 0 Å². The van der Waals surface area contributed by atoms with Crippen LogP contribution in [-0.4, -0.2) is 21.1 Å². The van der Waals surface area contributed by atoms with E-state index in [4.69, 9.17) is 10.1 Å². The number of hydrogen-bond donors (Lipinski definition) is 0. The fraction of sp³-hybridized carbons (Fsp3) is 0.136. The van der Waals surface area contributed by atoms with Crippen LogP contribution in [0.2, 0.25) is 0 Å². The lowest BCUT2D eigenvalue weighted by Crippen LogP contribution is -2.02. The lowest BCUT2D eigenvalue weighted by atomic mass is 10.0. The second kappa shape index (κ2) is 6.92. The Morgan fingerprint density at radius 3 is 2.58 bits per heavy atom. The molecule has 128 valence electrons. The number of rotatable bonds is 4. The van der Waals surface area contributed by atoms with E-state index >= 15 is 0 Å². The van der Waals surface area contributed by atoms with E-state index in [0.29, 0.717) is 5.56 Å². The van der Waals surface area contributed by atoms with Crippen molar-refractivity contribution < 1.29 is 4.79 Å². The number of allylic oxidation sites excluding steroid dienone is 4. The van der Waals surface area contributed by atoms with E-state index in [2.05, 4.69) is 31.2 Å². The van der Waals surface area contributed by atoms with Crippen molar-refractivity contribution in [2.45, 2.75) is 19.3 Å². The van der Waals surface area contributed by atoms with Gasteiger partial charge < -0.3 is 0 Å². The summed E-state index contributed by atoms with van der Waals surface area (Å²) < 4.78 is 1.87. The molecule has 0 amide bonds. The maximum atomic E-state index is 10.9. The number of nitrogens with zero attached hydrogens (tertiary/aromatic N) is 3. The van der Waals surface area contributed by atoms with Crippen LogP contribution < -0.4 is 0 Å². The summed E-state index contributed by atoms with van der Waals surface area (Å²) in [5, 5.41) is 4.81. The van der Waals surface area contributed by atoms with Crippen LogP contribution in [0.3, 0.4) is 0 Å². The van der Waals surface area contributed by atoms with Crippen molar-refractivity contribution >= 4 is 6.29 Å². The van der Waals surface area contributed by atoms with E-state index in [9.17, 15) is 4.79 Å². The standard InChI is InChI=1S/C22H19N3O/c1-16-7-5-6-10-20(16)22-23-21(18-8-3-2-4-9-18)24-25(22)19-13-11-17(15-26)12-14-19/h2-8,10-15,18H,9H2,1H3. The van der Waals surface area contributed by atoms with Crippen molar-refractivity contribution in [3.05, 3.63) is 89.8 Å². The van der Waals surface area contributed by atoms with Crippen LogP contribution in [0.4, 0.5) is 0 Å². The third-order valence-corrected chi connectivity index (χ3v) is 4.60. The van der Waals surface area contributed by atoms with Crippen molar-refractivity contribution in [3.63, 3.8) is 0 Å². The Morgan fingerprint density at radius 1 is 1.08 bits per heavy atom. The lowest BCUT2D eigenvalue weighted by Gasteiger charge is -2.08. The molecule has 1 unspecified atom stereocenters. The predicted octanol–water partition coefficient (Wildman–Crippen LogP) is 4.65. The second-order valence-electron chi connectivity index (χ2n) is 6.38. The van der Waals surface area contributed by atoms with Gasteiger partial charge in [0.1, 0.15) is 6.29 Å². The first kappa shape index (κ1) is 16.2. The summed E-state index contributed by atoms with van der Waals surface area (Å²) in [7, 11) is 0. The molecule has 2 aromatic carbocycles. The zero-order valence-corrected chi connectivity index (χ0v) is 14.5. The Balaban J connectivity index is 1.86. The van der Waals surface area contributed by atoms with Gasteiger partial charge in [-0.15, -0.1) is 0 Å². The highest BCUT2D eigenvalue weighted by Crippen LogP contribution is 2.29. The van der Waals surface area contributed by atoms with Gasteiger partial charge in [-0.3, -0.25) is 4.79 Å². The molecule has 0 radical (unpaired) electrons. The van der Waals surface area contributed by atoms with Crippen molar-refractivity contribution in [1.29, 1.82) is 0 Å². The number of aromatic nitrogens is 3. The van der Waals surface area contributed by atoms with E-state index in [1.165, 1.54) is 0 Å². The Kier molecular flexibility index (Phi) is 4.32. The summed E-state index contributed by atoms with van der Waals surface area (Å²) in [6, 6.07) is 15.6. The molecule has 26 heavy (non-hydrogen) atoms. The largest absolute Gasteiger partial charge is 0.298 e. The molecule has 1 atom stereocenters. The molecule has 1 aliphatic carbocycles. The van der Waals surface area contributed by atoms with Crippen LogP contribution in [-0.2, 0) is 0 Å². The normalized spacial score (nSPS) is 16.0. The third-order valence-electron chi connectivity index (χ3n) is 4.60. The van der Waals surface area contributed by atoms with Crippen molar-refractivity contribution in [1.82, 2.24) is 14.8 Å². The summed E-state index contributed by atoms with van der Waals surface area (Å²) in [6.45, 7) is 2.08.